The molecule has 2 N–H and O–H groups in total. The number of carbonyl (C=O) groups excluding carboxylic acids is 1. The maximum absolute atomic E-state index is 12.9. The van der Waals surface area contributed by atoms with Crippen molar-refractivity contribution in [2.24, 2.45) is 0 Å². The first kappa shape index (κ1) is 10.9. The summed E-state index contributed by atoms with van der Waals surface area (Å²) in [4.78, 5) is 15.9. The molecule has 1 aromatic heterocycles. The molecule has 1 saturated carbocycles. The van der Waals surface area contributed by atoms with E-state index in [1.165, 1.54) is 18.2 Å². The number of aromatic nitrogens is 3. The van der Waals surface area contributed by atoms with Gasteiger partial charge in [-0.2, -0.15) is 0 Å². The number of hydrogen-bond donors (Lipinski definition) is 2. The zero-order valence-electron chi connectivity index (χ0n) is 9.48. The summed E-state index contributed by atoms with van der Waals surface area (Å²) in [6.07, 6.45) is 2.17. The molecule has 1 aliphatic rings. The number of nitrogens with zero attached hydrogens (tertiary/aromatic N) is 2. The first-order valence-corrected chi connectivity index (χ1v) is 5.71. The van der Waals surface area contributed by atoms with Gasteiger partial charge in [0.15, 0.2) is 0 Å². The highest BCUT2D eigenvalue weighted by molar-refractivity contribution is 6.01. The number of amides is 1. The van der Waals surface area contributed by atoms with Crippen molar-refractivity contribution in [2.75, 3.05) is 5.32 Å². The predicted molar refractivity (Wildman–Crippen MR) is 62.7 cm³/mol. The molecule has 5 nitrogen and oxygen atoms in total. The summed E-state index contributed by atoms with van der Waals surface area (Å²) in [5, 5.41) is 9.15. The van der Waals surface area contributed by atoms with E-state index >= 15 is 0 Å². The van der Waals surface area contributed by atoms with E-state index in [9.17, 15) is 9.18 Å². The second-order valence-corrected chi connectivity index (χ2v) is 4.28. The molecule has 0 saturated heterocycles. The van der Waals surface area contributed by atoms with Crippen LogP contribution >= 0.6 is 0 Å². The highest BCUT2D eigenvalue weighted by atomic mass is 19.1. The van der Waals surface area contributed by atoms with Crippen LogP contribution in [-0.4, -0.2) is 21.1 Å². The van der Waals surface area contributed by atoms with Crippen LogP contribution < -0.4 is 5.32 Å². The van der Waals surface area contributed by atoms with Crippen LogP contribution in [0.4, 0.5) is 10.1 Å². The van der Waals surface area contributed by atoms with Crippen LogP contribution in [0, 0.1) is 5.82 Å². The van der Waals surface area contributed by atoms with Crippen LogP contribution in [0.3, 0.4) is 0 Å². The minimum absolute atomic E-state index is 0.0844. The fourth-order valence-electron chi connectivity index (χ4n) is 1.67. The lowest BCUT2D eigenvalue weighted by molar-refractivity contribution is 0.101. The smallest absolute Gasteiger partial charge is 0.295 e. The molecule has 1 aliphatic carbocycles. The van der Waals surface area contributed by atoms with E-state index in [1.807, 2.05) is 0 Å². The van der Waals surface area contributed by atoms with E-state index < -0.39 is 11.7 Å². The van der Waals surface area contributed by atoms with Crippen molar-refractivity contribution in [1.82, 2.24) is 15.2 Å². The molecule has 1 heterocycles. The largest absolute Gasteiger partial charge is 0.319 e. The number of aromatic amines is 1. The van der Waals surface area contributed by atoms with E-state index in [4.69, 9.17) is 0 Å². The molecule has 1 aromatic carbocycles. The molecule has 0 atom stereocenters. The summed E-state index contributed by atoms with van der Waals surface area (Å²) in [5.41, 5.74) is 0.387. The van der Waals surface area contributed by atoms with Crippen LogP contribution in [0.1, 0.15) is 35.2 Å². The Hall–Kier alpha value is -2.24. The second kappa shape index (κ2) is 4.21. The maximum atomic E-state index is 12.9. The quantitative estimate of drug-likeness (QED) is 0.870. The molecule has 0 unspecified atom stereocenters. The molecule has 18 heavy (non-hydrogen) atoms. The summed E-state index contributed by atoms with van der Waals surface area (Å²) in [5.74, 6) is 0.402. The molecule has 92 valence electrons. The summed E-state index contributed by atoms with van der Waals surface area (Å²) < 4.78 is 12.9. The Bertz CT molecular complexity index is 591. The number of H-pyrrole nitrogens is 1. The highest BCUT2D eigenvalue weighted by Crippen LogP contribution is 2.37. The normalized spacial score (nSPS) is 14.5. The zero-order valence-corrected chi connectivity index (χ0v) is 9.48. The average Bonchev–Trinajstić information content (AvgIpc) is 3.07. The molecule has 3 rings (SSSR count). The number of halogens is 1. The summed E-state index contributed by atoms with van der Waals surface area (Å²) in [7, 11) is 0. The number of rotatable bonds is 3. The van der Waals surface area contributed by atoms with Gasteiger partial charge in [-0.25, -0.2) is 9.37 Å². The first-order valence-electron chi connectivity index (χ1n) is 5.71. The van der Waals surface area contributed by atoms with Crippen LogP contribution in [-0.2, 0) is 0 Å². The van der Waals surface area contributed by atoms with E-state index in [0.29, 0.717) is 11.6 Å². The molecule has 1 fully saturated rings. The Kier molecular flexibility index (Phi) is 2.55. The number of hydrogen-bond acceptors (Lipinski definition) is 3. The summed E-state index contributed by atoms with van der Waals surface area (Å²) >= 11 is 0. The number of nitrogens with one attached hydrogen (secondary N) is 2. The molecule has 1 amide bonds. The Balaban J connectivity index is 1.73. The fraction of sp³-hybridized carbons (Fsp3) is 0.250. The van der Waals surface area contributed by atoms with Crippen molar-refractivity contribution >= 4 is 11.6 Å². The van der Waals surface area contributed by atoms with Gasteiger partial charge in [0.05, 0.1) is 0 Å². The molecule has 0 radical (unpaired) electrons. The molecule has 0 aliphatic heterocycles. The SMILES string of the molecule is O=C(Nc1cccc(F)c1)c1n[nH]c(C2CC2)n1. The van der Waals surface area contributed by atoms with Gasteiger partial charge >= 0.3 is 0 Å². The van der Waals surface area contributed by atoms with Gasteiger partial charge < -0.3 is 5.32 Å². The van der Waals surface area contributed by atoms with Crippen molar-refractivity contribution in [2.45, 2.75) is 18.8 Å². The Morgan fingerprint density at radius 1 is 1.44 bits per heavy atom. The van der Waals surface area contributed by atoms with Gasteiger partial charge in [-0.3, -0.25) is 9.89 Å². The number of anilines is 1. The van der Waals surface area contributed by atoms with E-state index in [1.54, 1.807) is 6.07 Å². The molecule has 2 aromatic rings. The van der Waals surface area contributed by atoms with E-state index in [-0.39, 0.29) is 5.82 Å². The van der Waals surface area contributed by atoms with Crippen LogP contribution in [0.15, 0.2) is 24.3 Å². The standard InChI is InChI=1S/C12H11FN4O/c13-8-2-1-3-9(6-8)14-12(18)11-15-10(16-17-11)7-4-5-7/h1-3,6-7H,4-5H2,(H,14,18)(H,15,16,17). The third-order valence-corrected chi connectivity index (χ3v) is 2.75. The van der Waals surface area contributed by atoms with Gasteiger partial charge in [0.25, 0.3) is 5.91 Å². The van der Waals surface area contributed by atoms with Gasteiger partial charge in [-0.15, -0.1) is 5.10 Å². The van der Waals surface area contributed by atoms with Crippen molar-refractivity contribution in [3.8, 4) is 0 Å². The Morgan fingerprint density at radius 2 is 2.28 bits per heavy atom. The molecule has 6 heteroatoms. The fourth-order valence-corrected chi connectivity index (χ4v) is 1.67. The predicted octanol–water partition coefficient (Wildman–Crippen LogP) is 2.07. The van der Waals surface area contributed by atoms with Crippen molar-refractivity contribution < 1.29 is 9.18 Å². The Labute approximate surface area is 102 Å². The molecular weight excluding hydrogens is 235 g/mol. The number of carbonyl (C=O) groups is 1. The molecular formula is C12H11FN4O. The summed E-state index contributed by atoms with van der Waals surface area (Å²) in [6.45, 7) is 0. The molecule has 0 spiro atoms. The van der Waals surface area contributed by atoms with Gasteiger partial charge in [-0.05, 0) is 31.0 Å². The zero-order chi connectivity index (χ0) is 12.5. The minimum atomic E-state index is -0.441. The van der Waals surface area contributed by atoms with Gasteiger partial charge in [0.2, 0.25) is 5.82 Å². The monoisotopic (exact) mass is 246 g/mol. The van der Waals surface area contributed by atoms with E-state index in [2.05, 4.69) is 20.5 Å². The van der Waals surface area contributed by atoms with Gasteiger partial charge in [-0.1, -0.05) is 6.07 Å². The van der Waals surface area contributed by atoms with Gasteiger partial charge in [0, 0.05) is 11.6 Å². The lowest BCUT2D eigenvalue weighted by atomic mass is 10.3. The van der Waals surface area contributed by atoms with Crippen LogP contribution in [0.5, 0.6) is 0 Å². The maximum Gasteiger partial charge on any atom is 0.295 e. The third-order valence-electron chi connectivity index (χ3n) is 2.75. The third kappa shape index (κ3) is 2.22. The highest BCUT2D eigenvalue weighted by Gasteiger charge is 2.28. The van der Waals surface area contributed by atoms with Crippen LogP contribution in [0.25, 0.3) is 0 Å². The van der Waals surface area contributed by atoms with Crippen molar-refractivity contribution in [3.63, 3.8) is 0 Å². The van der Waals surface area contributed by atoms with Crippen LogP contribution in [0.2, 0.25) is 0 Å². The van der Waals surface area contributed by atoms with E-state index in [0.717, 1.165) is 18.7 Å². The molecule has 0 bridgehead atoms. The van der Waals surface area contributed by atoms with Gasteiger partial charge in [0.1, 0.15) is 11.6 Å². The number of benzene rings is 1. The lowest BCUT2D eigenvalue weighted by Gasteiger charge is -2.01. The van der Waals surface area contributed by atoms with Crippen molar-refractivity contribution in [1.29, 1.82) is 0 Å². The lowest BCUT2D eigenvalue weighted by Crippen LogP contribution is -2.13. The minimum Gasteiger partial charge on any atom is -0.319 e. The second-order valence-electron chi connectivity index (χ2n) is 4.28. The van der Waals surface area contributed by atoms with Crippen molar-refractivity contribution in [3.05, 3.63) is 41.7 Å². The first-order chi connectivity index (χ1) is 8.72. The topological polar surface area (TPSA) is 70.7 Å². The Morgan fingerprint density at radius 3 is 3.00 bits per heavy atom. The summed E-state index contributed by atoms with van der Waals surface area (Å²) in [6, 6.07) is 5.69. The average molecular weight is 246 g/mol.